The van der Waals surface area contributed by atoms with Crippen LogP contribution in [0.3, 0.4) is 0 Å². The minimum absolute atomic E-state index is 0.190. The van der Waals surface area contributed by atoms with Gasteiger partial charge in [-0.2, -0.15) is 9.97 Å². The number of hydrazine groups is 2. The minimum Gasteiger partial charge on any atom is -0.397 e. The molecule has 1 aliphatic heterocycles. The van der Waals surface area contributed by atoms with Gasteiger partial charge in [0.2, 0.25) is 5.95 Å². The number of halogens is 1. The molecule has 10 heteroatoms. The number of nitrogen functional groups attached to an aromatic ring is 1. The van der Waals surface area contributed by atoms with Gasteiger partial charge in [0.15, 0.2) is 11.6 Å². The number of nitrogens with two attached hydrogens (primary N) is 2. The first-order chi connectivity index (χ1) is 15.2. The Hall–Kier alpha value is -2.49. The summed E-state index contributed by atoms with van der Waals surface area (Å²) in [6.07, 6.45) is 4.06. The largest absolute Gasteiger partial charge is 0.397 e. The zero-order valence-corrected chi connectivity index (χ0v) is 19.9. The van der Waals surface area contributed by atoms with Gasteiger partial charge in [0.25, 0.3) is 0 Å². The number of hydrogen-bond donors (Lipinski definition) is 5. The number of fused-ring (bicyclic) bond motifs is 1. The summed E-state index contributed by atoms with van der Waals surface area (Å²) in [5.74, 6) is 2.14. The Morgan fingerprint density at radius 3 is 2.38 bits per heavy atom. The second-order valence-corrected chi connectivity index (χ2v) is 9.62. The molecule has 2 heterocycles. The maximum Gasteiger partial charge on any atom is 0.227 e. The number of nitrogens with zero attached hydrogens (tertiary/aromatic N) is 4. The van der Waals surface area contributed by atoms with E-state index in [1.807, 2.05) is 12.1 Å². The topological polar surface area (TPSA) is 120 Å². The van der Waals surface area contributed by atoms with Crippen LogP contribution in [0.25, 0.3) is 0 Å². The second kappa shape index (κ2) is 9.17. The van der Waals surface area contributed by atoms with Crippen molar-refractivity contribution in [2.24, 2.45) is 5.73 Å². The van der Waals surface area contributed by atoms with Crippen LogP contribution in [0.5, 0.6) is 0 Å². The Morgan fingerprint density at radius 2 is 1.75 bits per heavy atom. The summed E-state index contributed by atoms with van der Waals surface area (Å²) >= 11 is 6.12. The number of rotatable bonds is 6. The average molecular weight is 460 g/mol. The van der Waals surface area contributed by atoms with Gasteiger partial charge in [0.05, 0.1) is 10.7 Å². The third kappa shape index (κ3) is 4.65. The third-order valence-corrected chi connectivity index (χ3v) is 6.29. The van der Waals surface area contributed by atoms with Crippen molar-refractivity contribution < 1.29 is 0 Å². The molecule has 0 saturated heterocycles. The Kier molecular flexibility index (Phi) is 6.50. The first-order valence-corrected chi connectivity index (χ1v) is 11.7. The molecule has 0 spiro atoms. The maximum absolute atomic E-state index is 6.12. The highest BCUT2D eigenvalue weighted by Crippen LogP contribution is 2.41. The Morgan fingerprint density at radius 1 is 1.06 bits per heavy atom. The molecule has 2 aromatic rings. The van der Waals surface area contributed by atoms with Crippen LogP contribution in [0.2, 0.25) is 5.02 Å². The van der Waals surface area contributed by atoms with Crippen molar-refractivity contribution in [3.63, 3.8) is 0 Å². The first-order valence-electron chi connectivity index (χ1n) is 11.3. The Balaban J connectivity index is 1.74. The SMILES string of the molecule is CC(C)N1NN(C(C)C)c2c(Nc3ccc(Cl)c(N)c3)nc(NC3CCC(N)CC3)nc21. The van der Waals surface area contributed by atoms with E-state index in [4.69, 9.17) is 33.0 Å². The fourth-order valence-electron chi connectivity index (χ4n) is 4.14. The van der Waals surface area contributed by atoms with E-state index in [1.54, 1.807) is 6.07 Å². The third-order valence-electron chi connectivity index (χ3n) is 5.95. The van der Waals surface area contributed by atoms with E-state index >= 15 is 0 Å². The molecule has 1 aliphatic carbocycles. The first kappa shape index (κ1) is 22.7. The van der Waals surface area contributed by atoms with Crippen molar-refractivity contribution >= 4 is 46.2 Å². The highest BCUT2D eigenvalue weighted by atomic mass is 35.5. The van der Waals surface area contributed by atoms with Crippen molar-refractivity contribution in [3.05, 3.63) is 23.2 Å². The summed E-state index contributed by atoms with van der Waals surface area (Å²) in [6, 6.07) is 6.49. The van der Waals surface area contributed by atoms with Gasteiger partial charge in [-0.05, 0) is 71.6 Å². The van der Waals surface area contributed by atoms with Crippen LogP contribution >= 0.6 is 11.6 Å². The van der Waals surface area contributed by atoms with Gasteiger partial charge in [0.1, 0.15) is 5.69 Å². The molecule has 0 atom stereocenters. The van der Waals surface area contributed by atoms with Gasteiger partial charge in [-0.25, -0.2) is 0 Å². The minimum atomic E-state index is 0.190. The van der Waals surface area contributed by atoms with Crippen molar-refractivity contribution in [1.29, 1.82) is 0 Å². The highest BCUT2D eigenvalue weighted by Gasteiger charge is 2.35. The molecule has 2 aliphatic rings. The molecule has 9 nitrogen and oxygen atoms in total. The smallest absolute Gasteiger partial charge is 0.227 e. The zero-order valence-electron chi connectivity index (χ0n) is 19.2. The molecule has 7 N–H and O–H groups in total. The number of benzene rings is 1. The maximum atomic E-state index is 6.12. The standard InChI is InChI=1S/C22H34ClN9/c1-12(2)31-19-20(26-16-9-10-17(23)18(25)11-16)28-22(27-15-7-5-14(24)6-8-15)29-21(19)32(30-31)13(3)4/h9-15,30H,5-8,24-25H2,1-4H3,(H2,26,27,28,29). The zero-order chi connectivity index (χ0) is 23.0. The molecule has 0 amide bonds. The van der Waals surface area contributed by atoms with Crippen LogP contribution in [-0.2, 0) is 0 Å². The second-order valence-electron chi connectivity index (χ2n) is 9.21. The summed E-state index contributed by atoms with van der Waals surface area (Å²) in [6.45, 7) is 8.51. The monoisotopic (exact) mass is 459 g/mol. The summed E-state index contributed by atoms with van der Waals surface area (Å²) < 4.78 is 0. The average Bonchev–Trinajstić information content (AvgIpc) is 3.13. The lowest BCUT2D eigenvalue weighted by molar-refractivity contribution is 0.410. The van der Waals surface area contributed by atoms with Crippen LogP contribution in [0.4, 0.5) is 34.6 Å². The van der Waals surface area contributed by atoms with E-state index < -0.39 is 0 Å². The fourth-order valence-corrected chi connectivity index (χ4v) is 4.25. The van der Waals surface area contributed by atoms with Crippen molar-refractivity contribution in [2.45, 2.75) is 77.5 Å². The predicted molar refractivity (Wildman–Crippen MR) is 133 cm³/mol. The Labute approximate surface area is 194 Å². The molecule has 0 radical (unpaired) electrons. The van der Waals surface area contributed by atoms with E-state index in [0.29, 0.717) is 34.6 Å². The summed E-state index contributed by atoms with van der Waals surface area (Å²) in [7, 11) is 0. The lowest BCUT2D eigenvalue weighted by Crippen LogP contribution is -2.50. The summed E-state index contributed by atoms with van der Waals surface area (Å²) in [5.41, 5.74) is 17.8. The van der Waals surface area contributed by atoms with E-state index in [9.17, 15) is 0 Å². The molecule has 0 unspecified atom stereocenters. The van der Waals surface area contributed by atoms with Gasteiger partial charge in [-0.3, -0.25) is 10.0 Å². The molecular weight excluding hydrogens is 426 g/mol. The molecule has 1 aromatic carbocycles. The van der Waals surface area contributed by atoms with E-state index in [2.05, 4.69) is 53.9 Å². The summed E-state index contributed by atoms with van der Waals surface area (Å²) in [4.78, 5) is 9.80. The molecule has 174 valence electrons. The predicted octanol–water partition coefficient (Wildman–Crippen LogP) is 4.00. The van der Waals surface area contributed by atoms with Crippen LogP contribution in [-0.4, -0.2) is 34.1 Å². The van der Waals surface area contributed by atoms with Gasteiger partial charge < -0.3 is 22.1 Å². The van der Waals surface area contributed by atoms with Crippen molar-refractivity contribution in [2.75, 3.05) is 26.4 Å². The molecule has 32 heavy (non-hydrogen) atoms. The van der Waals surface area contributed by atoms with Gasteiger partial charge in [0, 0.05) is 29.9 Å². The lowest BCUT2D eigenvalue weighted by atomic mass is 9.92. The number of hydrogen-bond acceptors (Lipinski definition) is 9. The lowest BCUT2D eigenvalue weighted by Gasteiger charge is -2.27. The number of anilines is 6. The summed E-state index contributed by atoms with van der Waals surface area (Å²) in [5, 5.41) is 11.7. The van der Waals surface area contributed by atoms with E-state index in [1.165, 1.54) is 0 Å². The van der Waals surface area contributed by atoms with Crippen LogP contribution in [0.15, 0.2) is 18.2 Å². The van der Waals surface area contributed by atoms with Crippen LogP contribution < -0.4 is 37.7 Å². The number of aromatic nitrogens is 2. The molecule has 1 fully saturated rings. The normalized spacial score (nSPS) is 20.8. The molecular formula is C22H34ClN9. The van der Waals surface area contributed by atoms with Crippen LogP contribution in [0.1, 0.15) is 53.4 Å². The van der Waals surface area contributed by atoms with Gasteiger partial charge in [-0.15, -0.1) is 5.53 Å². The highest BCUT2D eigenvalue weighted by molar-refractivity contribution is 6.33. The van der Waals surface area contributed by atoms with E-state index in [-0.39, 0.29) is 12.1 Å². The number of nitrogens with one attached hydrogen (secondary N) is 3. The van der Waals surface area contributed by atoms with Gasteiger partial charge >= 0.3 is 0 Å². The molecule has 1 aromatic heterocycles. The quantitative estimate of drug-likeness (QED) is 0.408. The fraction of sp³-hybridized carbons (Fsp3) is 0.545. The van der Waals surface area contributed by atoms with Crippen molar-refractivity contribution in [1.82, 2.24) is 15.5 Å². The van der Waals surface area contributed by atoms with Crippen LogP contribution in [0, 0.1) is 0 Å². The molecule has 1 saturated carbocycles. The molecule has 4 rings (SSSR count). The van der Waals surface area contributed by atoms with Crippen molar-refractivity contribution in [3.8, 4) is 0 Å². The Bertz CT molecular complexity index is 957. The van der Waals surface area contributed by atoms with E-state index in [0.717, 1.165) is 42.9 Å². The van der Waals surface area contributed by atoms with Gasteiger partial charge in [-0.1, -0.05) is 11.6 Å². The molecule has 0 bridgehead atoms.